The molecule has 27 heavy (non-hydrogen) atoms. The van der Waals surface area contributed by atoms with E-state index in [9.17, 15) is 18.0 Å². The van der Waals surface area contributed by atoms with Crippen LogP contribution in [0.1, 0.15) is 26.5 Å². The van der Waals surface area contributed by atoms with Crippen molar-refractivity contribution in [1.29, 1.82) is 0 Å². The average Bonchev–Trinajstić information content (AvgIpc) is 3.22. The lowest BCUT2D eigenvalue weighted by Gasteiger charge is -2.06. The molecule has 0 aliphatic heterocycles. The quantitative estimate of drug-likeness (QED) is 0.696. The van der Waals surface area contributed by atoms with Gasteiger partial charge in [-0.25, -0.2) is 0 Å². The third kappa shape index (κ3) is 4.39. The van der Waals surface area contributed by atoms with Crippen LogP contribution in [0.25, 0.3) is 10.6 Å². The molecule has 1 N–H and O–H groups in total. The number of hydrogen-bond donors (Lipinski definition) is 1. The van der Waals surface area contributed by atoms with E-state index in [0.717, 1.165) is 27.6 Å². The summed E-state index contributed by atoms with van der Waals surface area (Å²) >= 11 is 1.12. The SMILES string of the molecule is Cc1ccccc1CCNC(=O)c1ccc(-c2cc(C(F)(F)F)n(C)n2)s1. The number of halogens is 3. The molecule has 0 aliphatic rings. The summed E-state index contributed by atoms with van der Waals surface area (Å²) in [6.07, 6.45) is -3.75. The Morgan fingerprint density at radius 1 is 1.22 bits per heavy atom. The van der Waals surface area contributed by atoms with Gasteiger partial charge in [0.2, 0.25) is 0 Å². The minimum Gasteiger partial charge on any atom is -0.351 e. The predicted octanol–water partition coefficient (Wildman–Crippen LogP) is 4.45. The molecule has 0 saturated carbocycles. The smallest absolute Gasteiger partial charge is 0.351 e. The highest BCUT2D eigenvalue weighted by molar-refractivity contribution is 7.17. The van der Waals surface area contributed by atoms with Crippen molar-refractivity contribution in [2.75, 3.05) is 6.54 Å². The van der Waals surface area contributed by atoms with E-state index in [0.29, 0.717) is 22.7 Å². The zero-order valence-electron chi connectivity index (χ0n) is 14.8. The lowest BCUT2D eigenvalue weighted by Crippen LogP contribution is -2.25. The number of aryl methyl sites for hydroxylation is 2. The second-order valence-corrected chi connectivity index (χ2v) is 7.22. The van der Waals surface area contributed by atoms with Crippen LogP contribution >= 0.6 is 11.3 Å². The van der Waals surface area contributed by atoms with Crippen LogP contribution in [0, 0.1) is 6.92 Å². The lowest BCUT2D eigenvalue weighted by atomic mass is 10.1. The molecule has 0 aliphatic carbocycles. The number of carbonyl (C=O) groups excluding carboxylic acids is 1. The highest BCUT2D eigenvalue weighted by Gasteiger charge is 2.35. The van der Waals surface area contributed by atoms with E-state index in [1.807, 2.05) is 31.2 Å². The van der Waals surface area contributed by atoms with E-state index < -0.39 is 11.9 Å². The Labute approximate surface area is 158 Å². The van der Waals surface area contributed by atoms with E-state index in [1.54, 1.807) is 12.1 Å². The molecule has 3 aromatic rings. The van der Waals surface area contributed by atoms with Crippen molar-refractivity contribution in [3.05, 3.63) is 64.2 Å². The Balaban J connectivity index is 1.65. The first-order valence-electron chi connectivity index (χ1n) is 8.30. The van der Waals surface area contributed by atoms with Gasteiger partial charge in [0, 0.05) is 13.6 Å². The molecule has 0 bridgehead atoms. The van der Waals surface area contributed by atoms with Crippen LogP contribution in [0.2, 0.25) is 0 Å². The molecule has 0 radical (unpaired) electrons. The number of alkyl halides is 3. The molecule has 0 unspecified atom stereocenters. The maximum absolute atomic E-state index is 12.9. The van der Waals surface area contributed by atoms with Crippen LogP contribution in [0.3, 0.4) is 0 Å². The Kier molecular flexibility index (Phi) is 5.36. The minimum absolute atomic E-state index is 0.203. The van der Waals surface area contributed by atoms with Gasteiger partial charge in [-0.3, -0.25) is 9.48 Å². The van der Waals surface area contributed by atoms with Crippen molar-refractivity contribution in [3.8, 4) is 10.6 Å². The van der Waals surface area contributed by atoms with Crippen LogP contribution in [-0.2, 0) is 19.6 Å². The first-order valence-corrected chi connectivity index (χ1v) is 9.11. The number of aromatic nitrogens is 2. The molecule has 0 saturated heterocycles. The second-order valence-electron chi connectivity index (χ2n) is 6.13. The van der Waals surface area contributed by atoms with E-state index in [-0.39, 0.29) is 11.6 Å². The van der Waals surface area contributed by atoms with Crippen LogP contribution in [0.15, 0.2) is 42.5 Å². The summed E-state index contributed by atoms with van der Waals surface area (Å²) in [6.45, 7) is 2.50. The Bertz CT molecular complexity index is 959. The molecule has 2 aromatic heterocycles. The molecule has 2 heterocycles. The standard InChI is InChI=1S/C19H18F3N3OS/c1-12-5-3-4-6-13(12)9-10-23-18(26)16-8-7-15(27-16)14-11-17(19(20,21)22)25(2)24-14/h3-8,11H,9-10H2,1-2H3,(H,23,26). The van der Waals surface area contributed by atoms with E-state index in [2.05, 4.69) is 10.4 Å². The summed E-state index contributed by atoms with van der Waals surface area (Å²) < 4.78 is 39.5. The maximum Gasteiger partial charge on any atom is 0.433 e. The molecule has 1 amide bonds. The number of rotatable bonds is 5. The van der Waals surface area contributed by atoms with Crippen LogP contribution in [0.5, 0.6) is 0 Å². The predicted molar refractivity (Wildman–Crippen MR) is 98.7 cm³/mol. The lowest BCUT2D eigenvalue weighted by molar-refractivity contribution is -0.143. The summed E-state index contributed by atoms with van der Waals surface area (Å²) in [7, 11) is 1.25. The second kappa shape index (κ2) is 7.56. The number of benzene rings is 1. The molecule has 0 fully saturated rings. The van der Waals surface area contributed by atoms with Crippen LogP contribution < -0.4 is 5.32 Å². The van der Waals surface area contributed by atoms with Crippen LogP contribution in [-0.4, -0.2) is 22.2 Å². The number of hydrogen-bond acceptors (Lipinski definition) is 3. The van der Waals surface area contributed by atoms with Gasteiger partial charge in [0.1, 0.15) is 11.4 Å². The van der Waals surface area contributed by atoms with Crippen molar-refractivity contribution in [1.82, 2.24) is 15.1 Å². The van der Waals surface area contributed by atoms with Gasteiger partial charge in [0.05, 0.1) is 9.75 Å². The van der Waals surface area contributed by atoms with E-state index in [4.69, 9.17) is 0 Å². The van der Waals surface area contributed by atoms with Gasteiger partial charge in [0.25, 0.3) is 5.91 Å². The monoisotopic (exact) mass is 393 g/mol. The first kappa shape index (κ1) is 19.2. The number of amides is 1. The largest absolute Gasteiger partial charge is 0.433 e. The van der Waals surface area contributed by atoms with Crippen molar-refractivity contribution < 1.29 is 18.0 Å². The summed E-state index contributed by atoms with van der Waals surface area (Å²) in [6, 6.07) is 12.2. The topological polar surface area (TPSA) is 46.9 Å². The van der Waals surface area contributed by atoms with Gasteiger partial charge in [0.15, 0.2) is 0 Å². The number of nitrogens with one attached hydrogen (secondary N) is 1. The highest BCUT2D eigenvalue weighted by atomic mass is 32.1. The summed E-state index contributed by atoms with van der Waals surface area (Å²) in [5, 5.41) is 6.75. The van der Waals surface area contributed by atoms with E-state index in [1.165, 1.54) is 12.6 Å². The highest BCUT2D eigenvalue weighted by Crippen LogP contribution is 2.34. The molecular weight excluding hydrogens is 375 g/mol. The number of thiophene rings is 1. The van der Waals surface area contributed by atoms with Gasteiger partial charge in [-0.05, 0) is 42.7 Å². The molecule has 8 heteroatoms. The Hall–Kier alpha value is -2.61. The number of carbonyl (C=O) groups is 1. The normalized spacial score (nSPS) is 11.6. The molecule has 4 nitrogen and oxygen atoms in total. The fourth-order valence-corrected chi connectivity index (χ4v) is 3.62. The van der Waals surface area contributed by atoms with Gasteiger partial charge in [-0.1, -0.05) is 24.3 Å². The van der Waals surface area contributed by atoms with Gasteiger partial charge in [-0.2, -0.15) is 18.3 Å². The summed E-state index contributed by atoms with van der Waals surface area (Å²) in [4.78, 5) is 13.2. The van der Waals surface area contributed by atoms with Gasteiger partial charge in [-0.15, -0.1) is 11.3 Å². The van der Waals surface area contributed by atoms with E-state index >= 15 is 0 Å². The fraction of sp³-hybridized carbons (Fsp3) is 0.263. The third-order valence-electron chi connectivity index (χ3n) is 4.19. The Morgan fingerprint density at radius 2 is 1.96 bits per heavy atom. The molecule has 0 spiro atoms. The minimum atomic E-state index is -4.47. The van der Waals surface area contributed by atoms with Crippen molar-refractivity contribution in [2.45, 2.75) is 19.5 Å². The maximum atomic E-state index is 12.9. The molecule has 3 rings (SSSR count). The molecule has 1 aromatic carbocycles. The average molecular weight is 393 g/mol. The van der Waals surface area contributed by atoms with Crippen LogP contribution in [0.4, 0.5) is 13.2 Å². The molecular formula is C19H18F3N3OS. The zero-order valence-corrected chi connectivity index (χ0v) is 15.6. The Morgan fingerprint density at radius 3 is 2.63 bits per heavy atom. The van der Waals surface area contributed by atoms with Crippen molar-refractivity contribution >= 4 is 17.2 Å². The molecule has 0 atom stereocenters. The number of nitrogens with zero attached hydrogens (tertiary/aromatic N) is 2. The first-order chi connectivity index (χ1) is 12.8. The van der Waals surface area contributed by atoms with Crippen molar-refractivity contribution in [3.63, 3.8) is 0 Å². The third-order valence-corrected chi connectivity index (χ3v) is 5.30. The summed E-state index contributed by atoms with van der Waals surface area (Å²) in [5.74, 6) is -0.244. The van der Waals surface area contributed by atoms with Crippen molar-refractivity contribution in [2.24, 2.45) is 7.05 Å². The fourth-order valence-electron chi connectivity index (χ4n) is 2.74. The van der Waals surface area contributed by atoms with Gasteiger partial charge >= 0.3 is 6.18 Å². The zero-order chi connectivity index (χ0) is 19.6. The summed E-state index contributed by atoms with van der Waals surface area (Å²) in [5.41, 5.74) is 1.71. The van der Waals surface area contributed by atoms with Gasteiger partial charge < -0.3 is 5.32 Å². The molecule has 142 valence electrons.